The molecule has 1 aliphatic rings. The highest BCUT2D eigenvalue weighted by molar-refractivity contribution is 5.79. The molecule has 0 amide bonds. The van der Waals surface area contributed by atoms with Gasteiger partial charge in [0.15, 0.2) is 5.96 Å². The predicted octanol–water partition coefficient (Wildman–Crippen LogP) is 2.54. The number of hydrogen-bond donors (Lipinski definition) is 2. The van der Waals surface area contributed by atoms with Crippen molar-refractivity contribution >= 4 is 11.6 Å². The Labute approximate surface area is 153 Å². The summed E-state index contributed by atoms with van der Waals surface area (Å²) in [5, 5.41) is 6.81. The molecule has 0 saturated carbocycles. The van der Waals surface area contributed by atoms with Crippen molar-refractivity contribution in [2.24, 2.45) is 10.9 Å². The molecule has 5 heteroatoms. The van der Waals surface area contributed by atoms with Gasteiger partial charge in [-0.2, -0.15) is 0 Å². The van der Waals surface area contributed by atoms with Gasteiger partial charge in [0.05, 0.1) is 0 Å². The Morgan fingerprint density at radius 3 is 2.44 bits per heavy atom. The molecule has 0 aromatic heterocycles. The van der Waals surface area contributed by atoms with E-state index in [2.05, 4.69) is 70.7 Å². The molecule has 1 heterocycles. The maximum atomic E-state index is 4.32. The van der Waals surface area contributed by atoms with Crippen molar-refractivity contribution in [3.05, 3.63) is 29.8 Å². The van der Waals surface area contributed by atoms with Crippen LogP contribution in [0, 0.1) is 5.92 Å². The lowest BCUT2D eigenvalue weighted by molar-refractivity contribution is 0.191. The quantitative estimate of drug-likeness (QED) is 0.453. The van der Waals surface area contributed by atoms with E-state index in [1.807, 2.05) is 7.05 Å². The molecular weight excluding hydrogens is 310 g/mol. The molecule has 2 N–H and O–H groups in total. The highest BCUT2D eigenvalue weighted by Crippen LogP contribution is 2.15. The van der Waals surface area contributed by atoms with E-state index < -0.39 is 0 Å². The number of likely N-dealkylation sites (tertiary alicyclic amines) is 1. The number of rotatable bonds is 7. The first-order valence-electron chi connectivity index (χ1n) is 9.51. The van der Waals surface area contributed by atoms with Crippen LogP contribution in [-0.4, -0.2) is 58.2 Å². The summed E-state index contributed by atoms with van der Waals surface area (Å²) in [5.74, 6) is 1.79. The fraction of sp³-hybridized carbons (Fsp3) is 0.650. The number of aliphatic imine (C=N–C) groups is 1. The van der Waals surface area contributed by atoms with Crippen molar-refractivity contribution in [2.75, 3.05) is 52.2 Å². The third-order valence-electron chi connectivity index (χ3n) is 4.96. The lowest BCUT2D eigenvalue weighted by Gasteiger charge is -2.30. The number of nitrogens with one attached hydrogen (secondary N) is 2. The number of anilines is 1. The van der Waals surface area contributed by atoms with Crippen LogP contribution in [-0.2, 0) is 6.54 Å². The zero-order chi connectivity index (χ0) is 18.1. The van der Waals surface area contributed by atoms with Crippen molar-refractivity contribution in [3.8, 4) is 0 Å². The van der Waals surface area contributed by atoms with E-state index in [0.29, 0.717) is 0 Å². The first-order chi connectivity index (χ1) is 12.1. The average molecular weight is 346 g/mol. The summed E-state index contributed by atoms with van der Waals surface area (Å²) in [7, 11) is 5.95. The van der Waals surface area contributed by atoms with E-state index in [1.54, 1.807) is 0 Å². The average Bonchev–Trinajstić information content (AvgIpc) is 2.63. The van der Waals surface area contributed by atoms with Crippen molar-refractivity contribution in [2.45, 2.75) is 32.7 Å². The maximum Gasteiger partial charge on any atom is 0.191 e. The molecule has 0 unspecified atom stereocenters. The Balaban J connectivity index is 1.63. The van der Waals surface area contributed by atoms with E-state index in [9.17, 15) is 0 Å². The predicted molar refractivity (Wildman–Crippen MR) is 108 cm³/mol. The topological polar surface area (TPSA) is 42.9 Å². The fourth-order valence-corrected chi connectivity index (χ4v) is 3.11. The number of benzene rings is 1. The Bertz CT molecular complexity index is 515. The van der Waals surface area contributed by atoms with Gasteiger partial charge in [-0.05, 0) is 62.5 Å². The van der Waals surface area contributed by atoms with Gasteiger partial charge in [-0.1, -0.05) is 19.1 Å². The normalized spacial score (nSPS) is 16.7. The first kappa shape index (κ1) is 19.6. The summed E-state index contributed by atoms with van der Waals surface area (Å²) in [6, 6.07) is 8.61. The molecular formula is C20H35N5. The van der Waals surface area contributed by atoms with Crippen molar-refractivity contribution in [1.82, 2.24) is 15.5 Å². The molecule has 5 nitrogen and oxygen atoms in total. The first-order valence-corrected chi connectivity index (χ1v) is 9.51. The second-order valence-corrected chi connectivity index (χ2v) is 7.29. The smallest absolute Gasteiger partial charge is 0.191 e. The Morgan fingerprint density at radius 2 is 1.84 bits per heavy atom. The van der Waals surface area contributed by atoms with E-state index in [0.717, 1.165) is 31.4 Å². The maximum absolute atomic E-state index is 4.32. The molecule has 1 aromatic carbocycles. The van der Waals surface area contributed by atoms with Gasteiger partial charge in [0.2, 0.25) is 0 Å². The zero-order valence-corrected chi connectivity index (χ0v) is 16.4. The molecule has 140 valence electrons. The van der Waals surface area contributed by atoms with Crippen molar-refractivity contribution in [3.63, 3.8) is 0 Å². The van der Waals surface area contributed by atoms with Gasteiger partial charge in [0.25, 0.3) is 0 Å². The van der Waals surface area contributed by atoms with E-state index in [4.69, 9.17) is 0 Å². The standard InChI is InChI=1S/C20H35N5/c1-17-10-14-25(15-11-17)13-5-12-22-20(21-2)23-16-18-6-8-19(9-7-18)24(3)4/h6-9,17H,5,10-16H2,1-4H3,(H2,21,22,23). The van der Waals surface area contributed by atoms with E-state index >= 15 is 0 Å². The summed E-state index contributed by atoms with van der Waals surface area (Å²) in [4.78, 5) is 9.02. The van der Waals surface area contributed by atoms with Gasteiger partial charge in [0.1, 0.15) is 0 Å². The molecule has 2 rings (SSSR count). The molecule has 0 spiro atoms. The van der Waals surface area contributed by atoms with E-state index in [1.165, 1.54) is 43.7 Å². The number of nitrogens with zero attached hydrogens (tertiary/aromatic N) is 3. The number of piperidine rings is 1. The van der Waals surface area contributed by atoms with Gasteiger partial charge in [-0.25, -0.2) is 0 Å². The Kier molecular flexibility index (Phi) is 8.06. The van der Waals surface area contributed by atoms with Gasteiger partial charge < -0.3 is 20.4 Å². The second kappa shape index (κ2) is 10.3. The monoisotopic (exact) mass is 345 g/mol. The molecule has 0 aliphatic carbocycles. The van der Waals surface area contributed by atoms with Crippen LogP contribution in [0.25, 0.3) is 0 Å². The van der Waals surface area contributed by atoms with Crippen LogP contribution in [0.3, 0.4) is 0 Å². The van der Waals surface area contributed by atoms with E-state index in [-0.39, 0.29) is 0 Å². The number of hydrogen-bond acceptors (Lipinski definition) is 3. The second-order valence-electron chi connectivity index (χ2n) is 7.29. The summed E-state index contributed by atoms with van der Waals surface area (Å²) in [6.07, 6.45) is 3.86. The van der Waals surface area contributed by atoms with Crippen LogP contribution in [0.15, 0.2) is 29.3 Å². The van der Waals surface area contributed by atoms with Crippen LogP contribution in [0.5, 0.6) is 0 Å². The van der Waals surface area contributed by atoms with Gasteiger partial charge >= 0.3 is 0 Å². The SMILES string of the molecule is CN=C(NCCCN1CCC(C)CC1)NCc1ccc(N(C)C)cc1. The molecule has 1 aromatic rings. The van der Waals surface area contributed by atoms with Gasteiger partial charge in [0, 0.05) is 39.9 Å². The molecule has 1 fully saturated rings. The summed E-state index contributed by atoms with van der Waals surface area (Å²) < 4.78 is 0. The molecule has 0 bridgehead atoms. The minimum Gasteiger partial charge on any atom is -0.378 e. The minimum atomic E-state index is 0.789. The van der Waals surface area contributed by atoms with Crippen LogP contribution in [0.1, 0.15) is 31.7 Å². The third-order valence-corrected chi connectivity index (χ3v) is 4.96. The van der Waals surface area contributed by atoms with Crippen LogP contribution < -0.4 is 15.5 Å². The summed E-state index contributed by atoms with van der Waals surface area (Å²) >= 11 is 0. The molecule has 25 heavy (non-hydrogen) atoms. The fourth-order valence-electron chi connectivity index (χ4n) is 3.11. The van der Waals surface area contributed by atoms with Crippen molar-refractivity contribution in [1.29, 1.82) is 0 Å². The lowest BCUT2D eigenvalue weighted by atomic mass is 9.99. The van der Waals surface area contributed by atoms with Crippen LogP contribution >= 0.6 is 0 Å². The summed E-state index contributed by atoms with van der Waals surface area (Å²) in [6.45, 7) is 7.82. The summed E-state index contributed by atoms with van der Waals surface area (Å²) in [5.41, 5.74) is 2.48. The van der Waals surface area contributed by atoms with Crippen LogP contribution in [0.2, 0.25) is 0 Å². The Hall–Kier alpha value is -1.75. The minimum absolute atomic E-state index is 0.789. The molecule has 1 saturated heterocycles. The third kappa shape index (κ3) is 6.94. The highest BCUT2D eigenvalue weighted by atomic mass is 15.2. The molecule has 0 atom stereocenters. The highest BCUT2D eigenvalue weighted by Gasteiger charge is 2.14. The van der Waals surface area contributed by atoms with Crippen LogP contribution in [0.4, 0.5) is 5.69 Å². The van der Waals surface area contributed by atoms with Crippen molar-refractivity contribution < 1.29 is 0 Å². The van der Waals surface area contributed by atoms with Gasteiger partial charge in [-0.15, -0.1) is 0 Å². The van der Waals surface area contributed by atoms with Gasteiger partial charge in [-0.3, -0.25) is 4.99 Å². The zero-order valence-electron chi connectivity index (χ0n) is 16.4. The largest absolute Gasteiger partial charge is 0.378 e. The Morgan fingerprint density at radius 1 is 1.16 bits per heavy atom. The molecule has 1 aliphatic heterocycles. The molecule has 0 radical (unpaired) electrons. The number of guanidine groups is 1. The lowest BCUT2D eigenvalue weighted by Crippen LogP contribution is -2.39.